The molecular formula is C13H25N3O3. The number of nitrogens with zero attached hydrogens (tertiary/aromatic N) is 1. The van der Waals surface area contributed by atoms with Crippen LogP contribution < -0.4 is 10.6 Å². The van der Waals surface area contributed by atoms with Crippen molar-refractivity contribution in [1.29, 1.82) is 0 Å². The minimum atomic E-state index is -0.868. The van der Waals surface area contributed by atoms with Crippen molar-refractivity contribution in [3.8, 4) is 0 Å². The van der Waals surface area contributed by atoms with Gasteiger partial charge in [0.1, 0.15) is 0 Å². The lowest BCUT2D eigenvalue weighted by Gasteiger charge is -2.18. The predicted octanol–water partition coefficient (Wildman–Crippen LogP) is 0.738. The molecule has 19 heavy (non-hydrogen) atoms. The number of hydrogen-bond donors (Lipinski definition) is 3. The van der Waals surface area contributed by atoms with Crippen LogP contribution in [-0.4, -0.2) is 54.7 Å². The van der Waals surface area contributed by atoms with Gasteiger partial charge in [-0.2, -0.15) is 0 Å². The number of likely N-dealkylation sites (tertiary alicyclic amines) is 1. The first-order chi connectivity index (χ1) is 9.00. The van der Waals surface area contributed by atoms with Gasteiger partial charge in [0.25, 0.3) is 0 Å². The topological polar surface area (TPSA) is 81.7 Å². The van der Waals surface area contributed by atoms with Crippen molar-refractivity contribution in [2.24, 2.45) is 11.8 Å². The van der Waals surface area contributed by atoms with Gasteiger partial charge >= 0.3 is 12.0 Å². The maximum absolute atomic E-state index is 11.5. The zero-order valence-electron chi connectivity index (χ0n) is 11.8. The second-order valence-corrected chi connectivity index (χ2v) is 5.37. The number of urea groups is 1. The Balaban J connectivity index is 2.14. The number of carbonyl (C=O) groups is 2. The predicted molar refractivity (Wildman–Crippen MR) is 73.0 cm³/mol. The minimum Gasteiger partial charge on any atom is -0.481 e. The van der Waals surface area contributed by atoms with Crippen LogP contribution in [0.5, 0.6) is 0 Å². The highest BCUT2D eigenvalue weighted by molar-refractivity contribution is 5.75. The lowest BCUT2D eigenvalue weighted by Crippen LogP contribution is -2.43. The molecule has 1 fully saturated rings. The Kier molecular flexibility index (Phi) is 6.62. The molecular weight excluding hydrogens is 246 g/mol. The fraction of sp³-hybridized carbons (Fsp3) is 0.846. The molecule has 1 rings (SSSR count). The van der Waals surface area contributed by atoms with Crippen molar-refractivity contribution in [3.63, 3.8) is 0 Å². The van der Waals surface area contributed by atoms with E-state index in [-0.39, 0.29) is 18.5 Å². The maximum atomic E-state index is 11.5. The molecule has 0 bridgehead atoms. The summed E-state index contributed by atoms with van der Waals surface area (Å²) in [5.41, 5.74) is 0. The van der Waals surface area contributed by atoms with Crippen molar-refractivity contribution in [2.45, 2.75) is 26.7 Å². The molecule has 0 radical (unpaired) electrons. The van der Waals surface area contributed by atoms with Crippen molar-refractivity contribution in [3.05, 3.63) is 0 Å². The van der Waals surface area contributed by atoms with E-state index in [9.17, 15) is 9.59 Å². The number of aliphatic carboxylic acids is 1. The van der Waals surface area contributed by atoms with E-state index < -0.39 is 11.9 Å². The Morgan fingerprint density at radius 3 is 2.37 bits per heavy atom. The van der Waals surface area contributed by atoms with Gasteiger partial charge in [0.2, 0.25) is 0 Å². The molecule has 2 amide bonds. The average molecular weight is 271 g/mol. The normalized spacial score (nSPS) is 17.4. The highest BCUT2D eigenvalue weighted by atomic mass is 16.4. The Hall–Kier alpha value is -1.30. The third-order valence-corrected chi connectivity index (χ3v) is 3.52. The van der Waals surface area contributed by atoms with Crippen LogP contribution in [-0.2, 0) is 4.79 Å². The third-order valence-electron chi connectivity index (χ3n) is 3.52. The van der Waals surface area contributed by atoms with Gasteiger partial charge in [0.05, 0.1) is 5.92 Å². The highest BCUT2D eigenvalue weighted by Crippen LogP contribution is 2.09. The molecule has 0 spiro atoms. The molecule has 1 heterocycles. The number of carboxylic acid groups (broad SMARTS) is 1. The Morgan fingerprint density at radius 1 is 1.21 bits per heavy atom. The van der Waals surface area contributed by atoms with Gasteiger partial charge in [-0.05, 0) is 31.8 Å². The summed E-state index contributed by atoms with van der Waals surface area (Å²) in [5, 5.41) is 14.4. The molecule has 1 saturated heterocycles. The van der Waals surface area contributed by atoms with Crippen molar-refractivity contribution in [2.75, 3.05) is 32.7 Å². The number of nitrogens with one attached hydrogen (secondary N) is 2. The monoisotopic (exact) mass is 271 g/mol. The number of hydrogen-bond acceptors (Lipinski definition) is 3. The SMILES string of the molecule is CC(C)C(CNC(=O)NCCN1CCCC1)C(=O)O. The summed E-state index contributed by atoms with van der Waals surface area (Å²) in [4.78, 5) is 24.8. The largest absolute Gasteiger partial charge is 0.481 e. The first kappa shape index (κ1) is 15.8. The van der Waals surface area contributed by atoms with Gasteiger partial charge in [-0.3, -0.25) is 4.79 Å². The van der Waals surface area contributed by atoms with Crippen molar-refractivity contribution >= 4 is 12.0 Å². The van der Waals surface area contributed by atoms with Crippen LogP contribution >= 0.6 is 0 Å². The van der Waals surface area contributed by atoms with Gasteiger partial charge in [0.15, 0.2) is 0 Å². The summed E-state index contributed by atoms with van der Waals surface area (Å²) in [5.74, 6) is -1.40. The average Bonchev–Trinajstić information content (AvgIpc) is 2.81. The van der Waals surface area contributed by atoms with Crippen molar-refractivity contribution in [1.82, 2.24) is 15.5 Å². The van der Waals surface area contributed by atoms with E-state index in [4.69, 9.17) is 5.11 Å². The molecule has 0 aromatic carbocycles. The highest BCUT2D eigenvalue weighted by Gasteiger charge is 2.21. The molecule has 1 aliphatic heterocycles. The fourth-order valence-corrected chi connectivity index (χ4v) is 2.21. The first-order valence-corrected chi connectivity index (χ1v) is 6.97. The van der Waals surface area contributed by atoms with Crippen molar-refractivity contribution < 1.29 is 14.7 Å². The summed E-state index contributed by atoms with van der Waals surface area (Å²) in [6, 6.07) is -0.286. The molecule has 6 nitrogen and oxygen atoms in total. The van der Waals surface area contributed by atoms with Gasteiger partial charge in [-0.1, -0.05) is 13.8 Å². The maximum Gasteiger partial charge on any atom is 0.314 e. The summed E-state index contributed by atoms with van der Waals surface area (Å²) in [7, 11) is 0. The summed E-state index contributed by atoms with van der Waals surface area (Å²) in [6.45, 7) is 7.53. The van der Waals surface area contributed by atoms with E-state index in [1.807, 2.05) is 13.8 Å². The van der Waals surface area contributed by atoms with Gasteiger partial charge in [-0.15, -0.1) is 0 Å². The molecule has 1 atom stereocenters. The summed E-state index contributed by atoms with van der Waals surface area (Å²) < 4.78 is 0. The van der Waals surface area contributed by atoms with E-state index in [1.54, 1.807) is 0 Å². The zero-order valence-corrected chi connectivity index (χ0v) is 11.8. The van der Waals surface area contributed by atoms with Crippen LogP contribution in [0.25, 0.3) is 0 Å². The molecule has 1 aliphatic rings. The zero-order chi connectivity index (χ0) is 14.3. The van der Waals surface area contributed by atoms with Crippen LogP contribution in [0.4, 0.5) is 4.79 Å². The third kappa shape index (κ3) is 5.92. The lowest BCUT2D eigenvalue weighted by molar-refractivity contribution is -0.142. The van der Waals surface area contributed by atoms with Crippen LogP contribution in [0.2, 0.25) is 0 Å². The van der Waals surface area contributed by atoms with E-state index in [0.717, 1.165) is 19.6 Å². The first-order valence-electron chi connectivity index (χ1n) is 6.97. The number of carbonyl (C=O) groups excluding carboxylic acids is 1. The molecule has 110 valence electrons. The van der Waals surface area contributed by atoms with E-state index >= 15 is 0 Å². The van der Waals surface area contributed by atoms with Crippen LogP contribution in [0.15, 0.2) is 0 Å². The van der Waals surface area contributed by atoms with E-state index in [1.165, 1.54) is 12.8 Å². The Labute approximate surface area is 114 Å². The minimum absolute atomic E-state index is 0.00222. The number of carboxylic acids is 1. The van der Waals surface area contributed by atoms with Gasteiger partial charge < -0.3 is 20.6 Å². The Bertz CT molecular complexity index is 302. The van der Waals surface area contributed by atoms with Gasteiger partial charge in [0, 0.05) is 19.6 Å². The summed E-state index contributed by atoms with van der Waals surface area (Å²) in [6.07, 6.45) is 2.47. The van der Waals surface area contributed by atoms with E-state index in [0.29, 0.717) is 6.54 Å². The van der Waals surface area contributed by atoms with E-state index in [2.05, 4.69) is 15.5 Å². The van der Waals surface area contributed by atoms with Crippen LogP contribution in [0.3, 0.4) is 0 Å². The standard InChI is InChI=1S/C13H25N3O3/c1-10(2)11(12(17)18)9-15-13(19)14-5-8-16-6-3-4-7-16/h10-11H,3-9H2,1-2H3,(H,17,18)(H2,14,15,19). The van der Waals surface area contributed by atoms with Crippen LogP contribution in [0.1, 0.15) is 26.7 Å². The smallest absolute Gasteiger partial charge is 0.314 e. The molecule has 0 aromatic rings. The second kappa shape index (κ2) is 7.99. The molecule has 3 N–H and O–H groups in total. The Morgan fingerprint density at radius 2 is 1.84 bits per heavy atom. The molecule has 0 aliphatic carbocycles. The second-order valence-electron chi connectivity index (χ2n) is 5.37. The summed E-state index contributed by atoms with van der Waals surface area (Å²) >= 11 is 0. The molecule has 0 saturated carbocycles. The number of rotatable bonds is 7. The van der Waals surface area contributed by atoms with Gasteiger partial charge in [-0.25, -0.2) is 4.79 Å². The molecule has 0 aromatic heterocycles. The molecule has 1 unspecified atom stereocenters. The fourth-order valence-electron chi connectivity index (χ4n) is 2.21. The lowest BCUT2D eigenvalue weighted by atomic mass is 9.96. The number of amides is 2. The van der Waals surface area contributed by atoms with Crippen LogP contribution in [0, 0.1) is 11.8 Å². The molecule has 6 heteroatoms. The quantitative estimate of drug-likeness (QED) is 0.638.